The molecular formula is C20H20ClF3N4O. The molecule has 1 heterocycles. The molecule has 5 nitrogen and oxygen atoms in total. The number of nitrogens with two attached hydrogens (primary N) is 1. The van der Waals surface area contributed by atoms with E-state index in [4.69, 9.17) is 10.5 Å². The molecule has 154 valence electrons. The fourth-order valence-corrected chi connectivity index (χ4v) is 2.53. The largest absolute Gasteiger partial charge is 0.484 e. The van der Waals surface area contributed by atoms with Gasteiger partial charge in [-0.15, -0.1) is 12.4 Å². The number of aromatic nitrogens is 2. The molecule has 3 aromatic rings. The van der Waals surface area contributed by atoms with E-state index in [0.29, 0.717) is 18.1 Å². The van der Waals surface area contributed by atoms with E-state index in [1.165, 1.54) is 18.5 Å². The van der Waals surface area contributed by atoms with Crippen LogP contribution in [-0.2, 0) is 0 Å². The molecule has 3 rings (SSSR count). The van der Waals surface area contributed by atoms with Gasteiger partial charge in [-0.1, -0.05) is 30.3 Å². The quantitative estimate of drug-likeness (QED) is 0.579. The molecule has 9 heteroatoms. The standard InChI is InChI=1S/C20H19F3N4O.ClH/c21-20(22,23)12-28-16-8-6-15(7-9-16)18-10-19(27-13-26-18)25-11-17(24)14-4-2-1-3-5-14;/h1-10,13,17H,11-12,24H2,(H,25,26,27);1H/t17-;/m0./s1. The second kappa shape index (κ2) is 10.1. The number of ether oxygens (including phenoxy) is 1. The Morgan fingerprint density at radius 3 is 2.34 bits per heavy atom. The first-order chi connectivity index (χ1) is 13.4. The zero-order chi connectivity index (χ0) is 20.0. The Kier molecular flexibility index (Phi) is 7.81. The smallest absolute Gasteiger partial charge is 0.422 e. The predicted molar refractivity (Wildman–Crippen MR) is 108 cm³/mol. The lowest BCUT2D eigenvalue weighted by molar-refractivity contribution is -0.153. The van der Waals surface area contributed by atoms with Gasteiger partial charge >= 0.3 is 6.18 Å². The Hall–Kier alpha value is -2.84. The Balaban J connectivity index is 0.00000300. The van der Waals surface area contributed by atoms with Crippen molar-refractivity contribution < 1.29 is 17.9 Å². The zero-order valence-corrected chi connectivity index (χ0v) is 16.1. The van der Waals surface area contributed by atoms with Crippen molar-refractivity contribution in [3.8, 4) is 17.0 Å². The van der Waals surface area contributed by atoms with Crippen molar-refractivity contribution in [3.63, 3.8) is 0 Å². The van der Waals surface area contributed by atoms with Crippen molar-refractivity contribution in [2.24, 2.45) is 5.73 Å². The van der Waals surface area contributed by atoms with Crippen molar-refractivity contribution in [1.29, 1.82) is 0 Å². The third kappa shape index (κ3) is 6.92. The summed E-state index contributed by atoms with van der Waals surface area (Å²) in [6, 6.07) is 17.5. The van der Waals surface area contributed by atoms with Gasteiger partial charge in [0.25, 0.3) is 0 Å². The van der Waals surface area contributed by atoms with Gasteiger partial charge in [0, 0.05) is 24.2 Å². The maximum Gasteiger partial charge on any atom is 0.422 e. The van der Waals surface area contributed by atoms with Crippen molar-refractivity contribution in [3.05, 3.63) is 72.6 Å². The lowest BCUT2D eigenvalue weighted by Gasteiger charge is -2.14. The molecule has 0 fully saturated rings. The summed E-state index contributed by atoms with van der Waals surface area (Å²) in [5.74, 6) is 0.746. The summed E-state index contributed by atoms with van der Waals surface area (Å²) in [7, 11) is 0. The number of nitrogens with zero attached hydrogens (tertiary/aromatic N) is 2. The van der Waals surface area contributed by atoms with Crippen LogP contribution >= 0.6 is 12.4 Å². The Morgan fingerprint density at radius 1 is 1.00 bits per heavy atom. The Bertz CT molecular complexity index is 892. The molecule has 0 aliphatic heterocycles. The van der Waals surface area contributed by atoms with E-state index in [0.717, 1.165) is 11.1 Å². The van der Waals surface area contributed by atoms with Crippen molar-refractivity contribution in [2.75, 3.05) is 18.5 Å². The molecule has 0 radical (unpaired) electrons. The topological polar surface area (TPSA) is 73.1 Å². The zero-order valence-electron chi connectivity index (χ0n) is 15.3. The number of nitrogens with one attached hydrogen (secondary N) is 1. The van der Waals surface area contributed by atoms with Gasteiger partial charge in [-0.2, -0.15) is 13.2 Å². The lowest BCUT2D eigenvalue weighted by Crippen LogP contribution is -2.20. The van der Waals surface area contributed by atoms with E-state index in [1.54, 1.807) is 18.2 Å². The van der Waals surface area contributed by atoms with Crippen LogP contribution in [0.1, 0.15) is 11.6 Å². The normalized spacial score (nSPS) is 12.0. The van der Waals surface area contributed by atoms with Crippen LogP contribution < -0.4 is 15.8 Å². The third-order valence-corrected chi connectivity index (χ3v) is 3.95. The van der Waals surface area contributed by atoms with Crippen LogP contribution in [0.2, 0.25) is 0 Å². The molecule has 1 atom stereocenters. The van der Waals surface area contributed by atoms with E-state index in [9.17, 15) is 13.2 Å². The average Bonchev–Trinajstić information content (AvgIpc) is 2.71. The highest BCUT2D eigenvalue weighted by atomic mass is 35.5. The summed E-state index contributed by atoms with van der Waals surface area (Å²) >= 11 is 0. The Labute approximate surface area is 172 Å². The predicted octanol–water partition coefficient (Wildman–Crippen LogP) is 4.62. The lowest BCUT2D eigenvalue weighted by atomic mass is 10.1. The van der Waals surface area contributed by atoms with E-state index in [1.807, 2.05) is 30.3 Å². The summed E-state index contributed by atoms with van der Waals surface area (Å²) in [6.45, 7) is -0.833. The highest BCUT2D eigenvalue weighted by Crippen LogP contribution is 2.24. The molecule has 29 heavy (non-hydrogen) atoms. The number of hydrogen-bond donors (Lipinski definition) is 2. The number of hydrogen-bond acceptors (Lipinski definition) is 5. The molecule has 0 saturated heterocycles. The summed E-state index contributed by atoms with van der Waals surface area (Å²) in [5, 5.41) is 3.18. The fourth-order valence-electron chi connectivity index (χ4n) is 2.53. The van der Waals surface area contributed by atoms with Gasteiger partial charge in [-0.05, 0) is 29.8 Å². The van der Waals surface area contributed by atoms with Crippen LogP contribution in [0.25, 0.3) is 11.3 Å². The monoisotopic (exact) mass is 424 g/mol. The maximum atomic E-state index is 12.2. The van der Waals surface area contributed by atoms with Crippen molar-refractivity contribution in [1.82, 2.24) is 9.97 Å². The maximum absolute atomic E-state index is 12.2. The van der Waals surface area contributed by atoms with E-state index in [2.05, 4.69) is 15.3 Å². The SMILES string of the molecule is Cl.N[C@@H](CNc1cc(-c2ccc(OCC(F)(F)F)cc2)ncn1)c1ccccc1. The number of rotatable bonds is 7. The average molecular weight is 425 g/mol. The van der Waals surface area contributed by atoms with Crippen LogP contribution in [0.3, 0.4) is 0 Å². The summed E-state index contributed by atoms with van der Waals surface area (Å²) in [4.78, 5) is 8.38. The molecule has 0 spiro atoms. The molecule has 0 saturated carbocycles. The molecule has 1 aromatic heterocycles. The van der Waals surface area contributed by atoms with E-state index < -0.39 is 12.8 Å². The van der Waals surface area contributed by atoms with Crippen molar-refractivity contribution in [2.45, 2.75) is 12.2 Å². The van der Waals surface area contributed by atoms with Crippen molar-refractivity contribution >= 4 is 18.2 Å². The molecule has 3 N–H and O–H groups in total. The van der Waals surface area contributed by atoms with Gasteiger partial charge < -0.3 is 15.8 Å². The number of benzene rings is 2. The van der Waals surface area contributed by atoms with Crippen LogP contribution in [0.5, 0.6) is 5.75 Å². The van der Waals surface area contributed by atoms with E-state index in [-0.39, 0.29) is 24.2 Å². The van der Waals surface area contributed by atoms with Gasteiger partial charge in [0.05, 0.1) is 5.69 Å². The fraction of sp³-hybridized carbons (Fsp3) is 0.200. The van der Waals surface area contributed by atoms with Crippen LogP contribution in [-0.4, -0.2) is 29.3 Å². The number of anilines is 1. The molecule has 0 unspecified atom stereocenters. The summed E-state index contributed by atoms with van der Waals surface area (Å²) in [6.07, 6.45) is -2.95. The second-order valence-electron chi connectivity index (χ2n) is 6.11. The van der Waals surface area contributed by atoms with Gasteiger partial charge in [0.2, 0.25) is 0 Å². The molecular weight excluding hydrogens is 405 g/mol. The number of alkyl halides is 3. The molecule has 0 bridgehead atoms. The summed E-state index contributed by atoms with van der Waals surface area (Å²) in [5.41, 5.74) is 8.55. The summed E-state index contributed by atoms with van der Waals surface area (Å²) < 4.78 is 41.3. The van der Waals surface area contributed by atoms with Gasteiger partial charge in [0.15, 0.2) is 6.61 Å². The van der Waals surface area contributed by atoms with E-state index >= 15 is 0 Å². The minimum atomic E-state index is -4.37. The van der Waals surface area contributed by atoms with Gasteiger partial charge in [0.1, 0.15) is 17.9 Å². The molecule has 0 amide bonds. The van der Waals surface area contributed by atoms with Gasteiger partial charge in [-0.25, -0.2) is 9.97 Å². The molecule has 0 aliphatic rings. The van der Waals surface area contributed by atoms with Crippen LogP contribution in [0, 0.1) is 0 Å². The van der Waals surface area contributed by atoms with Gasteiger partial charge in [-0.3, -0.25) is 0 Å². The minimum absolute atomic E-state index is 0. The first kappa shape index (κ1) is 22.4. The first-order valence-electron chi connectivity index (χ1n) is 8.57. The highest BCUT2D eigenvalue weighted by molar-refractivity contribution is 5.85. The molecule has 2 aromatic carbocycles. The minimum Gasteiger partial charge on any atom is -0.484 e. The van der Waals surface area contributed by atoms with Crippen LogP contribution in [0.4, 0.5) is 19.0 Å². The first-order valence-corrected chi connectivity index (χ1v) is 8.57. The van der Waals surface area contributed by atoms with Crippen LogP contribution in [0.15, 0.2) is 67.0 Å². The third-order valence-electron chi connectivity index (χ3n) is 3.95. The molecule has 0 aliphatic carbocycles. The highest BCUT2D eigenvalue weighted by Gasteiger charge is 2.28. The second-order valence-corrected chi connectivity index (χ2v) is 6.11. The number of halogens is 4. The Morgan fingerprint density at radius 2 is 1.69 bits per heavy atom.